The second kappa shape index (κ2) is 4.77. The van der Waals surface area contributed by atoms with Gasteiger partial charge in [0.15, 0.2) is 0 Å². The van der Waals surface area contributed by atoms with Crippen molar-refractivity contribution in [2.75, 3.05) is 18.0 Å². The quantitative estimate of drug-likeness (QED) is 0.839. The Morgan fingerprint density at radius 2 is 2.00 bits per heavy atom. The Kier molecular flexibility index (Phi) is 3.07. The van der Waals surface area contributed by atoms with E-state index in [1.807, 2.05) is 6.92 Å². The Morgan fingerprint density at radius 3 is 2.65 bits per heavy atom. The molecule has 0 bridgehead atoms. The van der Waals surface area contributed by atoms with Gasteiger partial charge in [0.25, 0.3) is 11.8 Å². The van der Waals surface area contributed by atoms with Gasteiger partial charge in [0.05, 0.1) is 0 Å². The Morgan fingerprint density at radius 1 is 1.25 bits per heavy atom. The summed E-state index contributed by atoms with van der Waals surface area (Å²) in [6.07, 6.45) is 0.855. The summed E-state index contributed by atoms with van der Waals surface area (Å²) < 4.78 is 31.4. The van der Waals surface area contributed by atoms with Crippen LogP contribution in [0.15, 0.2) is 16.9 Å². The van der Waals surface area contributed by atoms with Crippen LogP contribution in [0.2, 0.25) is 0 Å². The number of piperidine rings is 1. The van der Waals surface area contributed by atoms with Gasteiger partial charge in [-0.1, -0.05) is 0 Å². The largest absolute Gasteiger partial charge is 0.422 e. The lowest BCUT2D eigenvalue weighted by atomic mass is 10.1. The van der Waals surface area contributed by atoms with E-state index in [0.717, 1.165) is 5.69 Å². The zero-order valence-electron chi connectivity index (χ0n) is 10.9. The summed E-state index contributed by atoms with van der Waals surface area (Å²) in [6, 6.07) is 1.72. The minimum Gasteiger partial charge on any atom is -0.422 e. The molecule has 8 heteroatoms. The van der Waals surface area contributed by atoms with Gasteiger partial charge in [-0.05, 0) is 13.0 Å². The summed E-state index contributed by atoms with van der Waals surface area (Å²) in [4.78, 5) is 10.4. The van der Waals surface area contributed by atoms with Crippen molar-refractivity contribution in [2.24, 2.45) is 0 Å². The highest BCUT2D eigenvalue weighted by atomic mass is 19.3. The molecule has 106 valence electrons. The SMILES string of the molecule is Cc1cc(-c2nnco2)nc(N2CCC(F)(F)CC2)n1. The molecule has 0 aliphatic carbocycles. The van der Waals surface area contributed by atoms with Gasteiger partial charge in [-0.3, -0.25) is 0 Å². The second-order valence-corrected chi connectivity index (χ2v) is 4.78. The van der Waals surface area contributed by atoms with Crippen molar-refractivity contribution in [1.82, 2.24) is 20.2 Å². The van der Waals surface area contributed by atoms with Gasteiger partial charge in [0.1, 0.15) is 5.69 Å². The molecule has 1 aliphatic rings. The number of hydrogen-bond acceptors (Lipinski definition) is 6. The van der Waals surface area contributed by atoms with Crippen LogP contribution in [0.25, 0.3) is 11.6 Å². The fourth-order valence-corrected chi connectivity index (χ4v) is 2.12. The molecule has 6 nitrogen and oxygen atoms in total. The molecular formula is C12H13F2N5O. The maximum Gasteiger partial charge on any atom is 0.266 e. The highest BCUT2D eigenvalue weighted by molar-refractivity contribution is 5.50. The van der Waals surface area contributed by atoms with Crippen molar-refractivity contribution in [2.45, 2.75) is 25.7 Å². The summed E-state index contributed by atoms with van der Waals surface area (Å²) in [7, 11) is 0. The first kappa shape index (κ1) is 12.9. The van der Waals surface area contributed by atoms with E-state index in [1.165, 1.54) is 6.39 Å². The molecular weight excluding hydrogens is 268 g/mol. The number of halogens is 2. The molecule has 0 radical (unpaired) electrons. The van der Waals surface area contributed by atoms with Crippen molar-refractivity contribution in [3.8, 4) is 11.6 Å². The maximum atomic E-state index is 13.2. The lowest BCUT2D eigenvalue weighted by Crippen LogP contribution is -2.40. The first-order chi connectivity index (χ1) is 9.53. The van der Waals surface area contributed by atoms with Crippen LogP contribution in [0.3, 0.4) is 0 Å². The van der Waals surface area contributed by atoms with Crippen molar-refractivity contribution in [3.63, 3.8) is 0 Å². The Hall–Kier alpha value is -2.12. The molecule has 0 unspecified atom stereocenters. The number of alkyl halides is 2. The van der Waals surface area contributed by atoms with E-state index in [0.29, 0.717) is 17.5 Å². The van der Waals surface area contributed by atoms with E-state index >= 15 is 0 Å². The standard InChI is InChI=1S/C12H13F2N5O/c1-8-6-9(10-18-15-7-20-10)17-11(16-8)19-4-2-12(13,14)3-5-19/h6-7H,2-5H2,1H3. The fourth-order valence-electron chi connectivity index (χ4n) is 2.12. The average Bonchev–Trinajstić information content (AvgIpc) is 2.91. The molecule has 0 N–H and O–H groups in total. The Balaban J connectivity index is 1.87. The van der Waals surface area contributed by atoms with Crippen LogP contribution in [0, 0.1) is 6.92 Å². The molecule has 0 amide bonds. The number of nitrogens with zero attached hydrogens (tertiary/aromatic N) is 5. The van der Waals surface area contributed by atoms with Crippen LogP contribution >= 0.6 is 0 Å². The lowest BCUT2D eigenvalue weighted by Gasteiger charge is -2.31. The molecule has 2 aromatic heterocycles. The van der Waals surface area contributed by atoms with Crippen LogP contribution in [0.4, 0.5) is 14.7 Å². The molecule has 2 aromatic rings. The average molecular weight is 281 g/mol. The third-order valence-corrected chi connectivity index (χ3v) is 3.20. The third kappa shape index (κ3) is 2.59. The van der Waals surface area contributed by atoms with E-state index in [2.05, 4.69) is 20.2 Å². The topological polar surface area (TPSA) is 67.9 Å². The molecule has 20 heavy (non-hydrogen) atoms. The van der Waals surface area contributed by atoms with Gasteiger partial charge < -0.3 is 9.32 Å². The van der Waals surface area contributed by atoms with Crippen LogP contribution in [-0.2, 0) is 0 Å². The Labute approximate surface area is 113 Å². The van der Waals surface area contributed by atoms with E-state index < -0.39 is 5.92 Å². The molecule has 0 spiro atoms. The van der Waals surface area contributed by atoms with E-state index in [-0.39, 0.29) is 25.9 Å². The molecule has 3 heterocycles. The highest BCUT2D eigenvalue weighted by Gasteiger charge is 2.34. The minimum absolute atomic E-state index is 0.180. The number of aryl methyl sites for hydroxylation is 1. The predicted molar refractivity (Wildman–Crippen MR) is 66.5 cm³/mol. The first-order valence-electron chi connectivity index (χ1n) is 6.28. The predicted octanol–water partition coefficient (Wildman–Crippen LogP) is 2.07. The zero-order valence-corrected chi connectivity index (χ0v) is 10.9. The molecule has 1 saturated heterocycles. The van der Waals surface area contributed by atoms with Crippen molar-refractivity contribution < 1.29 is 13.2 Å². The smallest absolute Gasteiger partial charge is 0.266 e. The molecule has 3 rings (SSSR count). The molecule has 0 saturated carbocycles. The van der Waals surface area contributed by atoms with Gasteiger partial charge in [-0.15, -0.1) is 10.2 Å². The number of anilines is 1. The summed E-state index contributed by atoms with van der Waals surface area (Å²) in [5.74, 6) is -1.87. The van der Waals surface area contributed by atoms with Gasteiger partial charge in [-0.25, -0.2) is 18.7 Å². The summed E-state index contributed by atoms with van der Waals surface area (Å²) in [5, 5.41) is 7.39. The fraction of sp³-hybridized carbons (Fsp3) is 0.500. The van der Waals surface area contributed by atoms with E-state index in [1.54, 1.807) is 11.0 Å². The molecule has 1 fully saturated rings. The van der Waals surface area contributed by atoms with Gasteiger partial charge in [0.2, 0.25) is 12.3 Å². The molecule has 0 aromatic carbocycles. The van der Waals surface area contributed by atoms with Crippen LogP contribution in [0.1, 0.15) is 18.5 Å². The van der Waals surface area contributed by atoms with Crippen LogP contribution in [0.5, 0.6) is 0 Å². The van der Waals surface area contributed by atoms with Gasteiger partial charge in [-0.2, -0.15) is 0 Å². The van der Waals surface area contributed by atoms with Crippen molar-refractivity contribution in [1.29, 1.82) is 0 Å². The third-order valence-electron chi connectivity index (χ3n) is 3.20. The minimum atomic E-state index is -2.59. The summed E-state index contributed by atoms with van der Waals surface area (Å²) >= 11 is 0. The first-order valence-corrected chi connectivity index (χ1v) is 6.28. The van der Waals surface area contributed by atoms with Gasteiger partial charge in [0, 0.05) is 31.6 Å². The van der Waals surface area contributed by atoms with Crippen LogP contribution in [-0.4, -0.2) is 39.2 Å². The maximum absolute atomic E-state index is 13.2. The zero-order chi connectivity index (χ0) is 14.2. The van der Waals surface area contributed by atoms with Crippen molar-refractivity contribution in [3.05, 3.63) is 18.2 Å². The number of aromatic nitrogens is 4. The van der Waals surface area contributed by atoms with Crippen molar-refractivity contribution >= 4 is 5.95 Å². The van der Waals surface area contributed by atoms with E-state index in [9.17, 15) is 8.78 Å². The number of rotatable bonds is 2. The lowest BCUT2D eigenvalue weighted by molar-refractivity contribution is -0.0222. The normalized spacial score (nSPS) is 18.2. The highest BCUT2D eigenvalue weighted by Crippen LogP contribution is 2.29. The monoisotopic (exact) mass is 281 g/mol. The summed E-state index contributed by atoms with van der Waals surface area (Å²) in [6.45, 7) is 2.28. The second-order valence-electron chi connectivity index (χ2n) is 4.78. The summed E-state index contributed by atoms with van der Waals surface area (Å²) in [5.41, 5.74) is 1.22. The van der Waals surface area contributed by atoms with Gasteiger partial charge >= 0.3 is 0 Å². The molecule has 1 aliphatic heterocycles. The molecule has 0 atom stereocenters. The number of hydrogen-bond donors (Lipinski definition) is 0. The Bertz CT molecular complexity index is 592. The van der Waals surface area contributed by atoms with E-state index in [4.69, 9.17) is 4.42 Å². The van der Waals surface area contributed by atoms with Crippen LogP contribution < -0.4 is 4.90 Å².